The zero-order valence-electron chi connectivity index (χ0n) is 10.9. The largest absolute Gasteiger partial charge is 0.377 e. The molecule has 0 unspecified atom stereocenters. The van der Waals surface area contributed by atoms with E-state index in [1.54, 1.807) is 0 Å². The molecule has 1 aliphatic rings. The van der Waals surface area contributed by atoms with Gasteiger partial charge in [-0.1, -0.05) is 29.8 Å². The number of nitrogens with zero attached hydrogens (tertiary/aromatic N) is 3. The molecular formula is C12H20BrN3OS. The minimum absolute atomic E-state index is 0.412. The van der Waals surface area contributed by atoms with E-state index in [9.17, 15) is 0 Å². The Morgan fingerprint density at radius 2 is 2.17 bits per heavy atom. The Bertz CT molecular complexity index is 364. The number of rotatable bonds is 5. The van der Waals surface area contributed by atoms with Crippen molar-refractivity contribution in [3.05, 3.63) is 5.82 Å². The van der Waals surface area contributed by atoms with Crippen LogP contribution in [0.1, 0.15) is 38.4 Å². The third kappa shape index (κ3) is 3.65. The first-order valence-electron chi connectivity index (χ1n) is 6.47. The van der Waals surface area contributed by atoms with E-state index in [2.05, 4.69) is 44.0 Å². The molecule has 1 aromatic rings. The highest BCUT2D eigenvalue weighted by molar-refractivity contribution is 9.09. The molecule has 0 N–H and O–H groups in total. The Hall–Kier alpha value is -0.200. The Labute approximate surface area is 121 Å². The van der Waals surface area contributed by atoms with Gasteiger partial charge in [-0.15, -0.1) is 0 Å². The molecule has 18 heavy (non-hydrogen) atoms. The molecule has 6 heteroatoms. The maximum Gasteiger partial charge on any atom is 0.205 e. The molecule has 0 aliphatic carbocycles. The van der Waals surface area contributed by atoms with Crippen LogP contribution in [0.2, 0.25) is 0 Å². The Kier molecular flexibility index (Phi) is 5.38. The minimum atomic E-state index is 0.412. The van der Waals surface area contributed by atoms with Crippen LogP contribution < -0.4 is 4.90 Å². The molecule has 2 rings (SSSR count). The summed E-state index contributed by atoms with van der Waals surface area (Å²) in [5, 5.41) is 1.99. The number of hydrogen-bond donors (Lipinski definition) is 0. The fraction of sp³-hybridized carbons (Fsp3) is 0.833. The first-order chi connectivity index (χ1) is 8.70. The van der Waals surface area contributed by atoms with Crippen molar-refractivity contribution in [1.29, 1.82) is 0 Å². The SMILES string of the molecule is CC(C)c1nsc(N2CCC(OCCBr)CC2)n1. The molecule has 0 radical (unpaired) electrons. The second kappa shape index (κ2) is 6.82. The van der Waals surface area contributed by atoms with Gasteiger partial charge in [0.2, 0.25) is 5.13 Å². The average molecular weight is 334 g/mol. The minimum Gasteiger partial charge on any atom is -0.377 e. The van der Waals surface area contributed by atoms with Crippen molar-refractivity contribution in [2.75, 3.05) is 29.9 Å². The summed E-state index contributed by atoms with van der Waals surface area (Å²) >= 11 is 4.91. The smallest absolute Gasteiger partial charge is 0.205 e. The molecule has 4 nitrogen and oxygen atoms in total. The molecule has 1 aliphatic heterocycles. The van der Waals surface area contributed by atoms with Crippen LogP contribution >= 0.6 is 27.5 Å². The molecule has 0 saturated carbocycles. The van der Waals surface area contributed by atoms with Crippen molar-refractivity contribution >= 4 is 32.6 Å². The molecule has 1 fully saturated rings. The summed E-state index contributed by atoms with van der Waals surface area (Å²) in [4.78, 5) is 6.94. The van der Waals surface area contributed by atoms with E-state index in [1.807, 2.05) is 0 Å². The second-order valence-electron chi connectivity index (χ2n) is 4.84. The fourth-order valence-electron chi connectivity index (χ4n) is 2.01. The summed E-state index contributed by atoms with van der Waals surface area (Å²) in [5.41, 5.74) is 0. The predicted octanol–water partition coefficient (Wildman–Crippen LogP) is 3.04. The van der Waals surface area contributed by atoms with Crippen molar-refractivity contribution in [3.8, 4) is 0 Å². The molecule has 0 aromatic carbocycles. The van der Waals surface area contributed by atoms with Gasteiger partial charge in [-0.05, 0) is 12.8 Å². The normalized spacial score (nSPS) is 17.7. The van der Waals surface area contributed by atoms with Crippen LogP contribution in [0, 0.1) is 0 Å². The van der Waals surface area contributed by atoms with Gasteiger partial charge in [-0.3, -0.25) is 0 Å². The van der Waals surface area contributed by atoms with Gasteiger partial charge in [0.05, 0.1) is 12.7 Å². The first-order valence-corrected chi connectivity index (χ1v) is 8.36. The topological polar surface area (TPSA) is 38.2 Å². The molecule has 1 aromatic heterocycles. The number of alkyl halides is 1. The van der Waals surface area contributed by atoms with Crippen LogP contribution in [0.25, 0.3) is 0 Å². The third-order valence-corrected chi connectivity index (χ3v) is 4.21. The summed E-state index contributed by atoms with van der Waals surface area (Å²) in [5.74, 6) is 1.38. The zero-order valence-corrected chi connectivity index (χ0v) is 13.3. The van der Waals surface area contributed by atoms with Crippen LogP contribution in [-0.4, -0.2) is 40.5 Å². The average Bonchev–Trinajstić information content (AvgIpc) is 2.87. The first kappa shape index (κ1) is 14.2. The van der Waals surface area contributed by atoms with E-state index in [1.165, 1.54) is 11.5 Å². The van der Waals surface area contributed by atoms with E-state index in [0.29, 0.717) is 12.0 Å². The predicted molar refractivity (Wildman–Crippen MR) is 79.0 cm³/mol. The lowest BCUT2D eigenvalue weighted by Crippen LogP contribution is -2.37. The van der Waals surface area contributed by atoms with E-state index < -0.39 is 0 Å². The summed E-state index contributed by atoms with van der Waals surface area (Å²) in [6.45, 7) is 7.12. The lowest BCUT2D eigenvalue weighted by Gasteiger charge is -2.31. The van der Waals surface area contributed by atoms with Crippen LogP contribution in [0.4, 0.5) is 5.13 Å². The van der Waals surface area contributed by atoms with Gasteiger partial charge < -0.3 is 9.64 Å². The van der Waals surface area contributed by atoms with Crippen molar-refractivity contribution in [3.63, 3.8) is 0 Å². The third-order valence-electron chi connectivity index (χ3n) is 3.09. The molecule has 0 amide bonds. The molecule has 102 valence electrons. The van der Waals surface area contributed by atoms with Gasteiger partial charge in [0.15, 0.2) is 0 Å². The number of hydrogen-bond acceptors (Lipinski definition) is 5. The molecule has 2 heterocycles. The zero-order chi connectivity index (χ0) is 13.0. The van der Waals surface area contributed by atoms with Crippen LogP contribution in [0.3, 0.4) is 0 Å². The highest BCUT2D eigenvalue weighted by Crippen LogP contribution is 2.25. The molecule has 1 saturated heterocycles. The maximum absolute atomic E-state index is 5.75. The van der Waals surface area contributed by atoms with Gasteiger partial charge in [-0.2, -0.15) is 4.37 Å². The Morgan fingerprint density at radius 1 is 1.44 bits per heavy atom. The number of halogens is 1. The van der Waals surface area contributed by atoms with Gasteiger partial charge in [0.1, 0.15) is 5.82 Å². The van der Waals surface area contributed by atoms with E-state index >= 15 is 0 Å². The summed E-state index contributed by atoms with van der Waals surface area (Å²) in [7, 11) is 0. The van der Waals surface area contributed by atoms with E-state index in [0.717, 1.165) is 48.8 Å². The van der Waals surface area contributed by atoms with Gasteiger partial charge >= 0.3 is 0 Å². The molecule has 0 spiro atoms. The summed E-state index contributed by atoms with van der Waals surface area (Å²) in [6, 6.07) is 0. The number of aromatic nitrogens is 2. The van der Waals surface area contributed by atoms with Gasteiger partial charge in [-0.25, -0.2) is 4.98 Å². The molecule has 0 atom stereocenters. The van der Waals surface area contributed by atoms with Gasteiger partial charge in [0, 0.05) is 35.9 Å². The van der Waals surface area contributed by atoms with E-state index in [4.69, 9.17) is 4.74 Å². The fourth-order valence-corrected chi connectivity index (χ4v) is 3.06. The Balaban J connectivity index is 1.85. The standard InChI is InChI=1S/C12H20BrN3OS/c1-9(2)11-14-12(18-15-11)16-6-3-10(4-7-16)17-8-5-13/h9-10H,3-8H2,1-2H3. The van der Waals surface area contributed by atoms with E-state index in [-0.39, 0.29) is 0 Å². The number of piperidine rings is 1. The Morgan fingerprint density at radius 3 is 2.72 bits per heavy atom. The summed E-state index contributed by atoms with van der Waals surface area (Å²) in [6.07, 6.45) is 2.59. The monoisotopic (exact) mass is 333 g/mol. The second-order valence-corrected chi connectivity index (χ2v) is 6.36. The van der Waals surface area contributed by atoms with Crippen LogP contribution in [-0.2, 0) is 4.74 Å². The highest BCUT2D eigenvalue weighted by Gasteiger charge is 2.22. The summed E-state index contributed by atoms with van der Waals surface area (Å²) < 4.78 is 10.2. The lowest BCUT2D eigenvalue weighted by atomic mass is 10.1. The molecular weight excluding hydrogens is 314 g/mol. The van der Waals surface area contributed by atoms with Crippen molar-refractivity contribution in [2.45, 2.75) is 38.7 Å². The molecule has 0 bridgehead atoms. The van der Waals surface area contributed by atoms with Crippen LogP contribution in [0.5, 0.6) is 0 Å². The highest BCUT2D eigenvalue weighted by atomic mass is 79.9. The van der Waals surface area contributed by atoms with Crippen molar-refractivity contribution < 1.29 is 4.74 Å². The maximum atomic E-state index is 5.75. The van der Waals surface area contributed by atoms with Crippen molar-refractivity contribution in [1.82, 2.24) is 9.36 Å². The lowest BCUT2D eigenvalue weighted by molar-refractivity contribution is 0.0481. The number of anilines is 1. The number of ether oxygens (including phenoxy) is 1. The van der Waals surface area contributed by atoms with Gasteiger partial charge in [0.25, 0.3) is 0 Å². The van der Waals surface area contributed by atoms with Crippen LogP contribution in [0.15, 0.2) is 0 Å². The van der Waals surface area contributed by atoms with Crippen molar-refractivity contribution in [2.24, 2.45) is 0 Å². The quantitative estimate of drug-likeness (QED) is 0.776.